The first-order valence-corrected chi connectivity index (χ1v) is 6.67. The van der Waals surface area contributed by atoms with Crippen molar-refractivity contribution in [1.29, 1.82) is 0 Å². The summed E-state index contributed by atoms with van der Waals surface area (Å²) in [4.78, 5) is 11.0. The zero-order valence-electron chi connectivity index (χ0n) is 11.0. The van der Waals surface area contributed by atoms with Gasteiger partial charge in [-0.2, -0.15) is 0 Å². The predicted octanol–water partition coefficient (Wildman–Crippen LogP) is 1.26. The molecule has 0 saturated heterocycles. The monoisotopic (exact) mass is 250 g/mol. The largest absolute Gasteiger partial charge is 0.395 e. The van der Waals surface area contributed by atoms with Crippen LogP contribution < -0.4 is 5.32 Å². The molecule has 1 aromatic heterocycles. The van der Waals surface area contributed by atoms with Crippen LogP contribution in [0, 0.1) is 0 Å². The van der Waals surface area contributed by atoms with Crippen molar-refractivity contribution < 1.29 is 5.11 Å². The van der Waals surface area contributed by atoms with Crippen molar-refractivity contribution in [1.82, 2.24) is 14.9 Å². The van der Waals surface area contributed by atoms with E-state index in [0.29, 0.717) is 6.04 Å². The zero-order chi connectivity index (χ0) is 12.8. The number of nitrogens with one attached hydrogen (secondary N) is 1. The number of anilines is 1. The molecule has 1 heterocycles. The fourth-order valence-corrected chi connectivity index (χ4v) is 2.56. The molecule has 18 heavy (non-hydrogen) atoms. The fraction of sp³-hybridized carbons (Fsp3) is 0.692. The van der Waals surface area contributed by atoms with Gasteiger partial charge in [0.15, 0.2) is 0 Å². The standard InChI is InChI=1S/C13H22N4O/c1-14-13-9-15-11(8-16-13)10-17(6-7-18)12-4-2-3-5-12/h8-9,12,18H,2-7,10H2,1H3,(H,14,16). The molecule has 1 aromatic rings. The van der Waals surface area contributed by atoms with Gasteiger partial charge in [-0.05, 0) is 12.8 Å². The second kappa shape index (κ2) is 6.66. The van der Waals surface area contributed by atoms with E-state index in [9.17, 15) is 0 Å². The van der Waals surface area contributed by atoms with Crippen LogP contribution in [0.4, 0.5) is 5.82 Å². The highest BCUT2D eigenvalue weighted by molar-refractivity contribution is 5.29. The van der Waals surface area contributed by atoms with Gasteiger partial charge < -0.3 is 10.4 Å². The van der Waals surface area contributed by atoms with Crippen LogP contribution in [0.5, 0.6) is 0 Å². The average molecular weight is 250 g/mol. The third-order valence-corrected chi connectivity index (χ3v) is 3.55. The quantitative estimate of drug-likeness (QED) is 0.796. The first-order valence-electron chi connectivity index (χ1n) is 6.67. The summed E-state index contributed by atoms with van der Waals surface area (Å²) in [7, 11) is 1.83. The summed E-state index contributed by atoms with van der Waals surface area (Å²) in [6, 6.07) is 0.600. The highest BCUT2D eigenvalue weighted by Gasteiger charge is 2.22. The zero-order valence-corrected chi connectivity index (χ0v) is 11.0. The minimum absolute atomic E-state index is 0.207. The molecule has 5 nitrogen and oxygen atoms in total. The summed E-state index contributed by atoms with van der Waals surface area (Å²) in [5, 5.41) is 12.1. The van der Waals surface area contributed by atoms with Crippen LogP contribution in [0.2, 0.25) is 0 Å². The summed E-state index contributed by atoms with van der Waals surface area (Å²) < 4.78 is 0. The van der Waals surface area contributed by atoms with Crippen LogP contribution >= 0.6 is 0 Å². The Bertz CT molecular complexity index is 349. The topological polar surface area (TPSA) is 61.3 Å². The summed E-state index contributed by atoms with van der Waals surface area (Å²) in [6.45, 7) is 1.71. The van der Waals surface area contributed by atoms with Gasteiger partial charge in [0.1, 0.15) is 5.82 Å². The molecule has 2 rings (SSSR count). The van der Waals surface area contributed by atoms with Gasteiger partial charge in [-0.3, -0.25) is 9.88 Å². The SMILES string of the molecule is CNc1cnc(CN(CCO)C2CCCC2)cn1. The van der Waals surface area contributed by atoms with Crippen LogP contribution in [-0.2, 0) is 6.54 Å². The molecule has 1 aliphatic rings. The highest BCUT2D eigenvalue weighted by atomic mass is 16.3. The molecule has 2 N–H and O–H groups in total. The van der Waals surface area contributed by atoms with E-state index in [4.69, 9.17) is 5.11 Å². The Morgan fingerprint density at radius 3 is 2.67 bits per heavy atom. The Hall–Kier alpha value is -1.20. The molecule has 0 amide bonds. The lowest BCUT2D eigenvalue weighted by Crippen LogP contribution is -2.35. The van der Waals surface area contributed by atoms with E-state index in [0.717, 1.165) is 24.6 Å². The van der Waals surface area contributed by atoms with Gasteiger partial charge in [0.05, 0.1) is 24.7 Å². The molecule has 5 heteroatoms. The van der Waals surface area contributed by atoms with Crippen molar-refractivity contribution in [3.8, 4) is 0 Å². The third-order valence-electron chi connectivity index (χ3n) is 3.55. The Kier molecular flexibility index (Phi) is 4.90. The van der Waals surface area contributed by atoms with Gasteiger partial charge in [0.2, 0.25) is 0 Å². The molecule has 0 radical (unpaired) electrons. The Labute approximate surface area is 108 Å². The predicted molar refractivity (Wildman–Crippen MR) is 71.3 cm³/mol. The second-order valence-electron chi connectivity index (χ2n) is 4.78. The van der Waals surface area contributed by atoms with Crippen molar-refractivity contribution in [3.63, 3.8) is 0 Å². The van der Waals surface area contributed by atoms with Gasteiger partial charge in [-0.15, -0.1) is 0 Å². The van der Waals surface area contributed by atoms with Crippen molar-refractivity contribution in [2.75, 3.05) is 25.5 Å². The van der Waals surface area contributed by atoms with E-state index in [2.05, 4.69) is 20.2 Å². The normalized spacial score (nSPS) is 16.4. The lowest BCUT2D eigenvalue weighted by Gasteiger charge is -2.27. The van der Waals surface area contributed by atoms with Crippen LogP contribution in [0.3, 0.4) is 0 Å². The first-order chi connectivity index (χ1) is 8.83. The minimum Gasteiger partial charge on any atom is -0.395 e. The molecule has 0 atom stereocenters. The molecule has 0 spiro atoms. The number of aliphatic hydroxyl groups is 1. The number of rotatable bonds is 6. The van der Waals surface area contributed by atoms with Crippen LogP contribution in [-0.4, -0.2) is 46.2 Å². The average Bonchev–Trinajstić information content (AvgIpc) is 2.93. The summed E-state index contributed by atoms with van der Waals surface area (Å²) in [5.74, 6) is 0.785. The van der Waals surface area contributed by atoms with Crippen molar-refractivity contribution in [2.45, 2.75) is 38.3 Å². The van der Waals surface area contributed by atoms with Gasteiger partial charge in [-0.1, -0.05) is 12.8 Å². The maximum atomic E-state index is 9.17. The molecular formula is C13H22N4O. The van der Waals surface area contributed by atoms with E-state index in [1.807, 2.05) is 13.2 Å². The fourth-order valence-electron chi connectivity index (χ4n) is 2.56. The second-order valence-corrected chi connectivity index (χ2v) is 4.78. The molecule has 1 aliphatic carbocycles. The van der Waals surface area contributed by atoms with Gasteiger partial charge in [0, 0.05) is 26.2 Å². The van der Waals surface area contributed by atoms with Gasteiger partial charge in [0.25, 0.3) is 0 Å². The minimum atomic E-state index is 0.207. The summed E-state index contributed by atoms with van der Waals surface area (Å²) in [6.07, 6.45) is 8.64. The van der Waals surface area contributed by atoms with Crippen LogP contribution in [0.15, 0.2) is 12.4 Å². The van der Waals surface area contributed by atoms with Crippen molar-refractivity contribution in [3.05, 3.63) is 18.1 Å². The Balaban J connectivity index is 1.98. The molecular weight excluding hydrogens is 228 g/mol. The first kappa shape index (κ1) is 13.2. The van der Waals surface area contributed by atoms with Crippen LogP contribution in [0.25, 0.3) is 0 Å². The van der Waals surface area contributed by atoms with E-state index >= 15 is 0 Å². The van der Waals surface area contributed by atoms with E-state index in [-0.39, 0.29) is 6.61 Å². The Morgan fingerprint density at radius 1 is 1.33 bits per heavy atom. The summed E-state index contributed by atoms with van der Waals surface area (Å²) >= 11 is 0. The van der Waals surface area contributed by atoms with Crippen molar-refractivity contribution >= 4 is 5.82 Å². The highest BCUT2D eigenvalue weighted by Crippen LogP contribution is 2.24. The molecule has 0 aromatic carbocycles. The lowest BCUT2D eigenvalue weighted by atomic mass is 10.2. The Morgan fingerprint density at radius 2 is 2.11 bits per heavy atom. The summed E-state index contributed by atoms with van der Waals surface area (Å²) in [5.41, 5.74) is 0.967. The van der Waals surface area contributed by atoms with Gasteiger partial charge >= 0.3 is 0 Å². The number of aliphatic hydroxyl groups excluding tert-OH is 1. The van der Waals surface area contributed by atoms with Gasteiger partial charge in [-0.25, -0.2) is 4.98 Å². The number of aromatic nitrogens is 2. The number of hydrogen-bond donors (Lipinski definition) is 2. The lowest BCUT2D eigenvalue weighted by molar-refractivity contribution is 0.143. The number of nitrogens with zero attached hydrogens (tertiary/aromatic N) is 3. The maximum Gasteiger partial charge on any atom is 0.144 e. The van der Waals surface area contributed by atoms with E-state index < -0.39 is 0 Å². The van der Waals surface area contributed by atoms with E-state index in [1.165, 1.54) is 25.7 Å². The van der Waals surface area contributed by atoms with Crippen LogP contribution in [0.1, 0.15) is 31.4 Å². The molecule has 100 valence electrons. The third kappa shape index (κ3) is 3.40. The molecule has 0 unspecified atom stereocenters. The molecule has 0 bridgehead atoms. The molecule has 1 fully saturated rings. The van der Waals surface area contributed by atoms with E-state index in [1.54, 1.807) is 6.20 Å². The molecule has 1 saturated carbocycles. The smallest absolute Gasteiger partial charge is 0.144 e. The molecule has 0 aliphatic heterocycles. The van der Waals surface area contributed by atoms with Crippen molar-refractivity contribution in [2.24, 2.45) is 0 Å². The maximum absolute atomic E-state index is 9.17. The number of hydrogen-bond acceptors (Lipinski definition) is 5.